The Morgan fingerprint density at radius 3 is 3.17 bits per heavy atom. The van der Waals surface area contributed by atoms with E-state index in [1.807, 2.05) is 6.92 Å². The van der Waals surface area contributed by atoms with Crippen molar-refractivity contribution in [1.82, 2.24) is 15.1 Å². The van der Waals surface area contributed by atoms with Crippen LogP contribution < -0.4 is 11.1 Å². The molecule has 0 spiro atoms. The number of nitrogen functional groups attached to an aromatic ring is 1. The van der Waals surface area contributed by atoms with Gasteiger partial charge in [-0.1, -0.05) is 0 Å². The number of hydrogen-bond acceptors (Lipinski definition) is 5. The zero-order chi connectivity index (χ0) is 13.1. The van der Waals surface area contributed by atoms with Crippen molar-refractivity contribution in [2.24, 2.45) is 0 Å². The van der Waals surface area contributed by atoms with Crippen LogP contribution in [0.25, 0.3) is 0 Å². The third-order valence-electron chi connectivity index (χ3n) is 2.90. The van der Waals surface area contributed by atoms with Gasteiger partial charge in [-0.05, 0) is 13.3 Å². The number of carbonyl (C=O) groups excluding carboxylic acids is 1. The standard InChI is InChI=1S/C11H18N4O3/c1-7-4-10(12)15(14-7)5-11(17)13-8-2-3-18-6-9(8)16/h4,8-9,16H,2-3,5-6,12H2,1H3,(H,13,17)/t8-,9-/m1/s1. The molecule has 1 aliphatic heterocycles. The highest BCUT2D eigenvalue weighted by molar-refractivity contribution is 5.76. The Labute approximate surface area is 105 Å². The minimum absolute atomic E-state index is 0.0593. The highest BCUT2D eigenvalue weighted by Gasteiger charge is 2.25. The highest BCUT2D eigenvalue weighted by atomic mass is 16.5. The zero-order valence-electron chi connectivity index (χ0n) is 10.3. The van der Waals surface area contributed by atoms with E-state index in [9.17, 15) is 9.90 Å². The smallest absolute Gasteiger partial charge is 0.242 e. The van der Waals surface area contributed by atoms with E-state index in [4.69, 9.17) is 10.5 Å². The first-order valence-electron chi connectivity index (χ1n) is 5.91. The monoisotopic (exact) mass is 254 g/mol. The maximum atomic E-state index is 11.8. The van der Waals surface area contributed by atoms with E-state index in [1.165, 1.54) is 4.68 Å². The summed E-state index contributed by atoms with van der Waals surface area (Å²) in [7, 11) is 0. The molecule has 7 heteroatoms. The van der Waals surface area contributed by atoms with Crippen molar-refractivity contribution in [3.63, 3.8) is 0 Å². The predicted octanol–water partition coefficient (Wildman–Crippen LogP) is -0.960. The number of nitrogens with zero attached hydrogens (tertiary/aromatic N) is 2. The van der Waals surface area contributed by atoms with Crippen molar-refractivity contribution >= 4 is 11.7 Å². The molecule has 4 N–H and O–H groups in total. The summed E-state index contributed by atoms with van der Waals surface area (Å²) in [5, 5.41) is 16.5. The number of ether oxygens (including phenoxy) is 1. The Bertz CT molecular complexity index is 432. The molecule has 0 aliphatic carbocycles. The van der Waals surface area contributed by atoms with Gasteiger partial charge in [-0.2, -0.15) is 5.10 Å². The van der Waals surface area contributed by atoms with Gasteiger partial charge in [0.2, 0.25) is 5.91 Å². The Kier molecular flexibility index (Phi) is 3.83. The topological polar surface area (TPSA) is 102 Å². The van der Waals surface area contributed by atoms with Crippen LogP contribution in [0.4, 0.5) is 5.82 Å². The third-order valence-corrected chi connectivity index (χ3v) is 2.90. The summed E-state index contributed by atoms with van der Waals surface area (Å²) in [5.74, 6) is 0.242. The van der Waals surface area contributed by atoms with E-state index >= 15 is 0 Å². The first kappa shape index (κ1) is 12.8. The van der Waals surface area contributed by atoms with Crippen molar-refractivity contribution in [2.75, 3.05) is 18.9 Å². The SMILES string of the molecule is Cc1cc(N)n(CC(=O)N[C@@H]2CCOC[C@H]2O)n1. The van der Waals surface area contributed by atoms with Crippen molar-refractivity contribution < 1.29 is 14.6 Å². The van der Waals surface area contributed by atoms with Crippen molar-refractivity contribution in [2.45, 2.75) is 32.0 Å². The number of nitrogens with one attached hydrogen (secondary N) is 1. The number of carbonyl (C=O) groups is 1. The number of hydrogen-bond donors (Lipinski definition) is 3. The Morgan fingerprint density at radius 2 is 2.56 bits per heavy atom. The fraction of sp³-hybridized carbons (Fsp3) is 0.636. The van der Waals surface area contributed by atoms with Crippen molar-refractivity contribution in [3.8, 4) is 0 Å². The average Bonchev–Trinajstić information content (AvgIpc) is 2.61. The molecule has 2 rings (SSSR count). The second-order valence-corrected chi connectivity index (χ2v) is 4.47. The molecule has 0 aromatic carbocycles. The van der Waals surface area contributed by atoms with Gasteiger partial charge in [-0.15, -0.1) is 0 Å². The molecule has 0 radical (unpaired) electrons. The van der Waals surface area contributed by atoms with E-state index < -0.39 is 6.10 Å². The van der Waals surface area contributed by atoms with Crippen LogP contribution in [-0.2, 0) is 16.1 Å². The molecule has 0 bridgehead atoms. The summed E-state index contributed by atoms with van der Waals surface area (Å²) in [6, 6.07) is 1.44. The van der Waals surface area contributed by atoms with Crippen LogP contribution in [0.2, 0.25) is 0 Å². The fourth-order valence-corrected chi connectivity index (χ4v) is 1.97. The molecule has 1 fully saturated rings. The molecule has 1 aliphatic rings. The van der Waals surface area contributed by atoms with Crippen LogP contribution in [0, 0.1) is 6.92 Å². The summed E-state index contributed by atoms with van der Waals surface area (Å²) in [5.41, 5.74) is 6.47. The molecule has 0 saturated carbocycles. The molecule has 1 aromatic heterocycles. The van der Waals surface area contributed by atoms with Gasteiger partial charge in [0.15, 0.2) is 0 Å². The number of nitrogens with two attached hydrogens (primary N) is 1. The van der Waals surface area contributed by atoms with Gasteiger partial charge < -0.3 is 20.9 Å². The molecular weight excluding hydrogens is 236 g/mol. The molecule has 1 aromatic rings. The summed E-state index contributed by atoms with van der Waals surface area (Å²) in [6.07, 6.45) is -0.0417. The lowest BCUT2D eigenvalue weighted by Gasteiger charge is -2.28. The number of amides is 1. The molecule has 1 saturated heterocycles. The van der Waals surface area contributed by atoms with E-state index in [-0.39, 0.29) is 25.1 Å². The summed E-state index contributed by atoms with van der Waals surface area (Å²) in [4.78, 5) is 11.8. The van der Waals surface area contributed by atoms with Gasteiger partial charge in [0.1, 0.15) is 12.4 Å². The van der Waals surface area contributed by atoms with Gasteiger partial charge in [0.05, 0.1) is 24.4 Å². The number of anilines is 1. The summed E-state index contributed by atoms with van der Waals surface area (Å²) in [6.45, 7) is 2.68. The Morgan fingerprint density at radius 1 is 1.78 bits per heavy atom. The van der Waals surface area contributed by atoms with Crippen LogP contribution in [0.3, 0.4) is 0 Å². The average molecular weight is 254 g/mol. The lowest BCUT2D eigenvalue weighted by atomic mass is 10.1. The number of aliphatic hydroxyl groups excluding tert-OH is 1. The summed E-state index contributed by atoms with van der Waals surface area (Å²) >= 11 is 0. The second-order valence-electron chi connectivity index (χ2n) is 4.47. The van der Waals surface area contributed by atoms with Gasteiger partial charge in [0, 0.05) is 12.7 Å². The zero-order valence-corrected chi connectivity index (χ0v) is 10.3. The number of aryl methyl sites for hydroxylation is 1. The minimum atomic E-state index is -0.653. The molecule has 7 nitrogen and oxygen atoms in total. The second kappa shape index (κ2) is 5.36. The van der Waals surface area contributed by atoms with E-state index in [1.54, 1.807) is 6.07 Å². The number of aliphatic hydroxyl groups is 1. The maximum absolute atomic E-state index is 11.8. The van der Waals surface area contributed by atoms with Crippen LogP contribution in [0.1, 0.15) is 12.1 Å². The Hall–Kier alpha value is -1.60. The predicted molar refractivity (Wildman–Crippen MR) is 64.7 cm³/mol. The highest BCUT2D eigenvalue weighted by Crippen LogP contribution is 2.08. The van der Waals surface area contributed by atoms with Gasteiger partial charge in [0.25, 0.3) is 0 Å². The van der Waals surface area contributed by atoms with Gasteiger partial charge in [-0.3, -0.25) is 4.79 Å². The van der Waals surface area contributed by atoms with Crippen LogP contribution in [0.5, 0.6) is 0 Å². The van der Waals surface area contributed by atoms with Crippen LogP contribution in [0.15, 0.2) is 6.07 Å². The molecule has 100 valence electrons. The lowest BCUT2D eigenvalue weighted by Crippen LogP contribution is -2.49. The molecule has 0 unspecified atom stereocenters. The molecule has 18 heavy (non-hydrogen) atoms. The number of rotatable bonds is 3. The van der Waals surface area contributed by atoms with Crippen LogP contribution >= 0.6 is 0 Å². The van der Waals surface area contributed by atoms with E-state index in [0.717, 1.165) is 5.69 Å². The molecule has 1 amide bonds. The number of aromatic nitrogens is 2. The fourth-order valence-electron chi connectivity index (χ4n) is 1.97. The van der Waals surface area contributed by atoms with E-state index in [0.29, 0.717) is 18.8 Å². The maximum Gasteiger partial charge on any atom is 0.242 e. The first-order valence-corrected chi connectivity index (χ1v) is 5.91. The quantitative estimate of drug-likeness (QED) is 0.644. The summed E-state index contributed by atoms with van der Waals surface area (Å²) < 4.78 is 6.54. The van der Waals surface area contributed by atoms with Crippen molar-refractivity contribution in [3.05, 3.63) is 11.8 Å². The molecule has 2 atom stereocenters. The van der Waals surface area contributed by atoms with Crippen molar-refractivity contribution in [1.29, 1.82) is 0 Å². The Balaban J connectivity index is 1.90. The third kappa shape index (κ3) is 2.99. The molecule has 2 heterocycles. The first-order chi connectivity index (χ1) is 8.56. The molecular formula is C11H18N4O3. The van der Waals surface area contributed by atoms with Crippen LogP contribution in [-0.4, -0.2) is 46.2 Å². The lowest BCUT2D eigenvalue weighted by molar-refractivity contribution is -0.125. The van der Waals surface area contributed by atoms with E-state index in [2.05, 4.69) is 10.4 Å². The van der Waals surface area contributed by atoms with Gasteiger partial charge in [-0.25, -0.2) is 4.68 Å². The minimum Gasteiger partial charge on any atom is -0.389 e. The van der Waals surface area contributed by atoms with Gasteiger partial charge >= 0.3 is 0 Å². The normalized spacial score (nSPS) is 23.9. The largest absolute Gasteiger partial charge is 0.389 e.